The average Bonchev–Trinajstić information content (AvgIpc) is 3.31. The molecule has 0 saturated heterocycles. The van der Waals surface area contributed by atoms with E-state index in [1.165, 1.54) is 18.4 Å². The van der Waals surface area contributed by atoms with E-state index in [1.807, 2.05) is 18.2 Å². The van der Waals surface area contributed by atoms with Crippen LogP contribution in [0.1, 0.15) is 49.5 Å². The molecule has 25 heavy (non-hydrogen) atoms. The zero-order valence-electron chi connectivity index (χ0n) is 14.6. The Bertz CT molecular complexity index is 733. The number of hydrogen-bond donors (Lipinski definition) is 2. The molecule has 1 aliphatic carbocycles. The number of hydrogen-bond acceptors (Lipinski definition) is 3. The van der Waals surface area contributed by atoms with Gasteiger partial charge in [0.05, 0.1) is 18.8 Å². The fourth-order valence-corrected chi connectivity index (χ4v) is 4.02. The molecule has 2 aromatic rings. The number of para-hydroxylation sites is 1. The Labute approximate surface area is 148 Å². The van der Waals surface area contributed by atoms with Crippen molar-refractivity contribution in [3.63, 3.8) is 0 Å². The molecule has 5 nitrogen and oxygen atoms in total. The van der Waals surface area contributed by atoms with Gasteiger partial charge in [0.2, 0.25) is 0 Å². The summed E-state index contributed by atoms with van der Waals surface area (Å²) < 4.78 is 11.8. The molecule has 1 atom stereocenters. The zero-order valence-corrected chi connectivity index (χ0v) is 14.6. The molecular formula is C20H25N3O2. The molecule has 4 rings (SSSR count). The molecule has 132 valence electrons. The van der Waals surface area contributed by atoms with Crippen LogP contribution in [-0.2, 0) is 6.54 Å². The van der Waals surface area contributed by atoms with Gasteiger partial charge in [-0.25, -0.2) is 0 Å². The minimum absolute atomic E-state index is 0.0219. The number of rotatable bonds is 3. The molecule has 5 heteroatoms. The molecule has 2 N–H and O–H groups in total. The highest BCUT2D eigenvalue weighted by Crippen LogP contribution is 2.46. The Hall–Kier alpha value is -2.43. The van der Waals surface area contributed by atoms with Gasteiger partial charge in [0, 0.05) is 19.0 Å². The van der Waals surface area contributed by atoms with Crippen LogP contribution in [0.25, 0.3) is 0 Å². The van der Waals surface area contributed by atoms with Crippen LogP contribution in [0.2, 0.25) is 0 Å². The first kappa shape index (κ1) is 16.1. The van der Waals surface area contributed by atoms with Crippen LogP contribution in [0.3, 0.4) is 0 Å². The van der Waals surface area contributed by atoms with Crippen LogP contribution in [-0.4, -0.2) is 18.6 Å². The third kappa shape index (κ3) is 3.36. The van der Waals surface area contributed by atoms with E-state index in [4.69, 9.17) is 9.15 Å². The van der Waals surface area contributed by atoms with Crippen molar-refractivity contribution >= 4 is 5.96 Å². The Morgan fingerprint density at radius 2 is 2.04 bits per heavy atom. The van der Waals surface area contributed by atoms with Crippen molar-refractivity contribution in [2.45, 2.75) is 50.3 Å². The second-order valence-electron chi connectivity index (χ2n) is 6.94. The summed E-state index contributed by atoms with van der Waals surface area (Å²) >= 11 is 0. The van der Waals surface area contributed by atoms with Gasteiger partial charge < -0.3 is 19.8 Å². The number of nitrogens with one attached hydrogen (secondary N) is 2. The molecule has 1 saturated carbocycles. The molecule has 2 aliphatic rings. The molecule has 0 bridgehead atoms. The summed E-state index contributed by atoms with van der Waals surface area (Å²) in [6, 6.07) is 12.4. The van der Waals surface area contributed by atoms with E-state index in [0.29, 0.717) is 6.54 Å². The van der Waals surface area contributed by atoms with Gasteiger partial charge in [0.15, 0.2) is 5.96 Å². The van der Waals surface area contributed by atoms with E-state index in [-0.39, 0.29) is 11.6 Å². The second kappa shape index (κ2) is 6.82. The smallest absolute Gasteiger partial charge is 0.191 e. The van der Waals surface area contributed by atoms with Gasteiger partial charge in [-0.2, -0.15) is 0 Å². The molecule has 2 heterocycles. The first-order chi connectivity index (χ1) is 12.3. The van der Waals surface area contributed by atoms with Crippen molar-refractivity contribution < 1.29 is 9.15 Å². The summed E-state index contributed by atoms with van der Waals surface area (Å²) in [6.07, 6.45) is 7.44. The first-order valence-corrected chi connectivity index (χ1v) is 9.05. The Morgan fingerprint density at radius 1 is 1.20 bits per heavy atom. The van der Waals surface area contributed by atoms with Gasteiger partial charge in [-0.15, -0.1) is 0 Å². The van der Waals surface area contributed by atoms with Crippen LogP contribution in [0, 0.1) is 0 Å². The van der Waals surface area contributed by atoms with Gasteiger partial charge >= 0.3 is 0 Å². The summed E-state index contributed by atoms with van der Waals surface area (Å²) in [5, 5.41) is 6.93. The van der Waals surface area contributed by atoms with Crippen LogP contribution < -0.4 is 15.4 Å². The lowest BCUT2D eigenvalue weighted by molar-refractivity contribution is 0.0396. The number of aliphatic imine (C=N–C) groups is 1. The minimum Gasteiger partial charge on any atom is -0.487 e. The fourth-order valence-electron chi connectivity index (χ4n) is 4.02. The lowest BCUT2D eigenvalue weighted by Gasteiger charge is -2.40. The summed E-state index contributed by atoms with van der Waals surface area (Å²) in [5.41, 5.74) is 1.19. The van der Waals surface area contributed by atoms with Crippen LogP contribution >= 0.6 is 0 Å². The second-order valence-corrected chi connectivity index (χ2v) is 6.94. The highest BCUT2D eigenvalue weighted by molar-refractivity contribution is 5.80. The lowest BCUT2D eigenvalue weighted by Crippen LogP contribution is -2.46. The Morgan fingerprint density at radius 3 is 2.80 bits per heavy atom. The van der Waals surface area contributed by atoms with Crippen LogP contribution in [0.15, 0.2) is 52.1 Å². The van der Waals surface area contributed by atoms with Crippen LogP contribution in [0.5, 0.6) is 5.75 Å². The van der Waals surface area contributed by atoms with Crippen molar-refractivity contribution in [3.8, 4) is 5.75 Å². The van der Waals surface area contributed by atoms with Gasteiger partial charge in [0.1, 0.15) is 17.1 Å². The quantitative estimate of drug-likeness (QED) is 0.660. The summed E-state index contributed by atoms with van der Waals surface area (Å²) in [4.78, 5) is 4.38. The van der Waals surface area contributed by atoms with Crippen molar-refractivity contribution in [1.29, 1.82) is 0 Å². The topological polar surface area (TPSA) is 58.8 Å². The lowest BCUT2D eigenvalue weighted by atomic mass is 9.86. The van der Waals surface area contributed by atoms with E-state index in [9.17, 15) is 0 Å². The molecule has 1 unspecified atom stereocenters. The van der Waals surface area contributed by atoms with Gasteiger partial charge in [-0.05, 0) is 43.9 Å². The third-order valence-electron chi connectivity index (χ3n) is 5.26. The number of ether oxygens (including phenoxy) is 1. The molecule has 1 aliphatic heterocycles. The van der Waals surface area contributed by atoms with Gasteiger partial charge in [-0.1, -0.05) is 18.2 Å². The highest BCUT2D eigenvalue weighted by Gasteiger charge is 2.43. The predicted octanol–water partition coefficient (Wildman–Crippen LogP) is 3.78. The monoisotopic (exact) mass is 339 g/mol. The molecule has 0 radical (unpaired) electrons. The predicted molar refractivity (Wildman–Crippen MR) is 97.7 cm³/mol. The van der Waals surface area contributed by atoms with Gasteiger partial charge in [-0.3, -0.25) is 4.99 Å². The standard InChI is InChI=1S/C20H25N3O2/c1-21-19(22-14-15-7-6-12-24-15)23-17-13-20(10-4-5-11-20)25-18-9-3-2-8-16(17)18/h2-3,6-9,12,17H,4-5,10-11,13-14H2,1H3,(H2,21,22,23). The summed E-state index contributed by atoms with van der Waals surface area (Å²) in [7, 11) is 1.80. The normalized spacial score (nSPS) is 21.6. The largest absolute Gasteiger partial charge is 0.487 e. The number of benzene rings is 1. The van der Waals surface area contributed by atoms with E-state index < -0.39 is 0 Å². The van der Waals surface area contributed by atoms with E-state index in [2.05, 4.69) is 33.8 Å². The first-order valence-electron chi connectivity index (χ1n) is 9.05. The third-order valence-corrected chi connectivity index (χ3v) is 5.26. The molecule has 1 spiro atoms. The summed E-state index contributed by atoms with van der Waals surface area (Å²) in [6.45, 7) is 0.614. The van der Waals surface area contributed by atoms with Crippen molar-refractivity contribution in [3.05, 3.63) is 54.0 Å². The average molecular weight is 339 g/mol. The zero-order chi connectivity index (χ0) is 17.1. The number of guanidine groups is 1. The maximum Gasteiger partial charge on any atom is 0.191 e. The van der Waals surface area contributed by atoms with E-state index in [0.717, 1.165) is 36.7 Å². The van der Waals surface area contributed by atoms with Crippen LogP contribution in [0.4, 0.5) is 0 Å². The fraction of sp³-hybridized carbons (Fsp3) is 0.450. The Kier molecular flexibility index (Phi) is 4.38. The highest BCUT2D eigenvalue weighted by atomic mass is 16.5. The molecule has 0 amide bonds. The molecule has 1 aromatic heterocycles. The minimum atomic E-state index is -0.0219. The molecular weight excluding hydrogens is 314 g/mol. The van der Waals surface area contributed by atoms with E-state index >= 15 is 0 Å². The molecule has 1 aromatic carbocycles. The van der Waals surface area contributed by atoms with Gasteiger partial charge in [0.25, 0.3) is 0 Å². The molecule has 1 fully saturated rings. The number of furan rings is 1. The van der Waals surface area contributed by atoms with E-state index in [1.54, 1.807) is 13.3 Å². The van der Waals surface area contributed by atoms with Crippen molar-refractivity contribution in [1.82, 2.24) is 10.6 Å². The SMILES string of the molecule is CN=C(NCc1ccco1)NC1CC2(CCCC2)Oc2ccccc21. The van der Waals surface area contributed by atoms with Crippen molar-refractivity contribution in [2.75, 3.05) is 7.05 Å². The summed E-state index contributed by atoms with van der Waals surface area (Å²) in [5.74, 6) is 2.68. The number of fused-ring (bicyclic) bond motifs is 1. The van der Waals surface area contributed by atoms with Crippen molar-refractivity contribution in [2.24, 2.45) is 4.99 Å². The Balaban J connectivity index is 1.51. The maximum atomic E-state index is 6.43. The maximum absolute atomic E-state index is 6.43. The number of nitrogens with zero attached hydrogens (tertiary/aromatic N) is 1.